The first-order chi connectivity index (χ1) is 8.06. The van der Waals surface area contributed by atoms with E-state index in [0.29, 0.717) is 23.8 Å². The minimum absolute atomic E-state index is 0.0441. The third kappa shape index (κ3) is 3.03. The van der Waals surface area contributed by atoms with Crippen molar-refractivity contribution in [2.75, 3.05) is 6.54 Å². The van der Waals surface area contributed by atoms with Crippen molar-refractivity contribution in [3.63, 3.8) is 0 Å². The van der Waals surface area contributed by atoms with Crippen LogP contribution in [0.2, 0.25) is 0 Å². The summed E-state index contributed by atoms with van der Waals surface area (Å²) >= 11 is 6.04. The molecule has 2 atom stereocenters. The maximum atomic E-state index is 11.9. The number of carbonyl (C=O) groups excluding carboxylic acids is 1. The third-order valence-electron chi connectivity index (χ3n) is 3.31. The number of amides is 1. The maximum Gasteiger partial charge on any atom is 0.254 e. The molecule has 1 fully saturated rings. The average molecular weight is 256 g/mol. The number of nitrogens with one attached hydrogen (secondary N) is 1. The molecule has 1 aliphatic rings. The lowest BCUT2D eigenvalue weighted by Crippen LogP contribution is -2.28. The summed E-state index contributed by atoms with van der Waals surface area (Å²) in [6.45, 7) is 4.37. The highest BCUT2D eigenvalue weighted by Gasteiger charge is 2.23. The van der Waals surface area contributed by atoms with Crippen LogP contribution in [0.25, 0.3) is 0 Å². The number of halogens is 1. The van der Waals surface area contributed by atoms with Gasteiger partial charge in [-0.2, -0.15) is 0 Å². The van der Waals surface area contributed by atoms with Crippen LogP contribution in [0.1, 0.15) is 41.1 Å². The minimum atomic E-state index is -0.0441. The molecule has 0 aromatic carbocycles. The van der Waals surface area contributed by atoms with Crippen molar-refractivity contribution in [1.82, 2.24) is 5.32 Å². The summed E-state index contributed by atoms with van der Waals surface area (Å²) < 4.78 is 5.34. The van der Waals surface area contributed by atoms with Crippen molar-refractivity contribution in [2.24, 2.45) is 5.92 Å². The number of alkyl halides is 1. The van der Waals surface area contributed by atoms with Crippen LogP contribution in [-0.2, 0) is 0 Å². The molecule has 2 rings (SSSR count). The Morgan fingerprint density at radius 1 is 1.53 bits per heavy atom. The number of hydrogen-bond donors (Lipinski definition) is 1. The van der Waals surface area contributed by atoms with Crippen molar-refractivity contribution in [1.29, 1.82) is 0 Å². The van der Waals surface area contributed by atoms with E-state index in [4.69, 9.17) is 16.0 Å². The molecule has 0 saturated heterocycles. The molecule has 0 bridgehead atoms. The fraction of sp³-hybridized carbons (Fsp3) is 0.615. The molecular weight excluding hydrogens is 238 g/mol. The zero-order valence-electron chi connectivity index (χ0n) is 10.3. The van der Waals surface area contributed by atoms with Crippen LogP contribution in [0.4, 0.5) is 0 Å². The predicted molar refractivity (Wildman–Crippen MR) is 67.5 cm³/mol. The zero-order valence-corrected chi connectivity index (χ0v) is 11.0. The van der Waals surface area contributed by atoms with Gasteiger partial charge in [0.1, 0.15) is 11.5 Å². The van der Waals surface area contributed by atoms with Crippen LogP contribution in [0.5, 0.6) is 0 Å². The lowest BCUT2D eigenvalue weighted by atomic mass is 10.1. The van der Waals surface area contributed by atoms with E-state index in [1.807, 2.05) is 13.8 Å². The fourth-order valence-corrected chi connectivity index (χ4v) is 2.77. The first-order valence-electron chi connectivity index (χ1n) is 6.05. The van der Waals surface area contributed by atoms with Crippen molar-refractivity contribution in [3.05, 3.63) is 23.2 Å². The summed E-state index contributed by atoms with van der Waals surface area (Å²) in [6.07, 6.45) is 3.18. The lowest BCUT2D eigenvalue weighted by Gasteiger charge is -2.10. The topological polar surface area (TPSA) is 42.2 Å². The molecule has 4 heteroatoms. The SMILES string of the molecule is Cc1cc(C(=O)NCC2CCC(Cl)C2)c(C)o1. The minimum Gasteiger partial charge on any atom is -0.466 e. The van der Waals surface area contributed by atoms with Crippen molar-refractivity contribution in [3.8, 4) is 0 Å². The Balaban J connectivity index is 1.87. The molecule has 2 unspecified atom stereocenters. The monoisotopic (exact) mass is 255 g/mol. The Kier molecular flexibility index (Phi) is 3.77. The summed E-state index contributed by atoms with van der Waals surface area (Å²) in [5, 5.41) is 3.24. The standard InChI is InChI=1S/C13H18ClNO2/c1-8-5-12(9(2)17-8)13(16)15-7-10-3-4-11(14)6-10/h5,10-11H,3-4,6-7H2,1-2H3,(H,15,16). The number of hydrogen-bond acceptors (Lipinski definition) is 2. The maximum absolute atomic E-state index is 11.9. The number of carbonyl (C=O) groups is 1. The molecule has 0 radical (unpaired) electrons. The second-order valence-corrected chi connectivity index (χ2v) is 5.43. The first-order valence-corrected chi connectivity index (χ1v) is 6.49. The summed E-state index contributed by atoms with van der Waals surface area (Å²) in [4.78, 5) is 11.9. The highest BCUT2D eigenvalue weighted by Crippen LogP contribution is 2.28. The van der Waals surface area contributed by atoms with E-state index in [1.54, 1.807) is 6.07 Å². The third-order valence-corrected chi connectivity index (χ3v) is 3.71. The Hall–Kier alpha value is -0.960. The van der Waals surface area contributed by atoms with Crippen LogP contribution in [0, 0.1) is 19.8 Å². The van der Waals surface area contributed by atoms with E-state index in [9.17, 15) is 4.79 Å². The lowest BCUT2D eigenvalue weighted by molar-refractivity contribution is 0.0946. The van der Waals surface area contributed by atoms with E-state index in [1.165, 1.54) is 0 Å². The second-order valence-electron chi connectivity index (χ2n) is 4.81. The Morgan fingerprint density at radius 2 is 2.29 bits per heavy atom. The quantitative estimate of drug-likeness (QED) is 0.844. The second kappa shape index (κ2) is 5.13. The fourth-order valence-electron chi connectivity index (χ4n) is 2.39. The predicted octanol–water partition coefficient (Wildman–Crippen LogP) is 3.03. The zero-order chi connectivity index (χ0) is 12.4. The molecular formula is C13H18ClNO2. The Labute approximate surface area is 107 Å². The molecule has 1 saturated carbocycles. The van der Waals surface area contributed by atoms with Gasteiger partial charge in [0.05, 0.1) is 5.56 Å². The van der Waals surface area contributed by atoms with Crippen LogP contribution in [-0.4, -0.2) is 17.8 Å². The van der Waals surface area contributed by atoms with Crippen molar-refractivity contribution in [2.45, 2.75) is 38.5 Å². The molecule has 1 N–H and O–H groups in total. The largest absolute Gasteiger partial charge is 0.466 e. The highest BCUT2D eigenvalue weighted by molar-refractivity contribution is 6.20. The van der Waals surface area contributed by atoms with Gasteiger partial charge < -0.3 is 9.73 Å². The summed E-state index contributed by atoms with van der Waals surface area (Å²) in [5.74, 6) is 1.93. The van der Waals surface area contributed by atoms with Crippen LogP contribution >= 0.6 is 11.6 Å². The first kappa shape index (κ1) is 12.5. The Morgan fingerprint density at radius 3 is 2.82 bits per heavy atom. The van der Waals surface area contributed by atoms with Gasteiger partial charge in [0.15, 0.2) is 0 Å². The molecule has 3 nitrogen and oxygen atoms in total. The van der Waals surface area contributed by atoms with Crippen LogP contribution < -0.4 is 5.32 Å². The van der Waals surface area contributed by atoms with Gasteiger partial charge in [0, 0.05) is 11.9 Å². The van der Waals surface area contributed by atoms with Gasteiger partial charge in [-0.1, -0.05) is 0 Å². The van der Waals surface area contributed by atoms with E-state index < -0.39 is 0 Å². The van der Waals surface area contributed by atoms with Crippen LogP contribution in [0.3, 0.4) is 0 Å². The van der Waals surface area contributed by atoms with E-state index >= 15 is 0 Å². The number of rotatable bonds is 3. The van der Waals surface area contributed by atoms with Gasteiger partial charge in [-0.25, -0.2) is 0 Å². The van der Waals surface area contributed by atoms with Gasteiger partial charge in [0.2, 0.25) is 0 Å². The molecule has 1 heterocycles. The van der Waals surface area contributed by atoms with Gasteiger partial charge in [-0.3, -0.25) is 4.79 Å². The highest BCUT2D eigenvalue weighted by atomic mass is 35.5. The van der Waals surface area contributed by atoms with E-state index in [2.05, 4.69) is 5.32 Å². The molecule has 1 aromatic rings. The summed E-state index contributed by atoms with van der Waals surface area (Å²) in [7, 11) is 0. The van der Waals surface area contributed by atoms with Gasteiger partial charge in [-0.15, -0.1) is 11.6 Å². The summed E-state index contributed by atoms with van der Waals surface area (Å²) in [5.41, 5.74) is 0.642. The van der Waals surface area contributed by atoms with Crippen molar-refractivity contribution < 1.29 is 9.21 Å². The van der Waals surface area contributed by atoms with Crippen LogP contribution in [0.15, 0.2) is 10.5 Å². The average Bonchev–Trinajstić information content (AvgIpc) is 2.81. The number of furan rings is 1. The van der Waals surface area contributed by atoms with Gasteiger partial charge in [-0.05, 0) is 45.1 Å². The molecule has 17 heavy (non-hydrogen) atoms. The van der Waals surface area contributed by atoms with Gasteiger partial charge in [0.25, 0.3) is 5.91 Å². The molecule has 94 valence electrons. The smallest absolute Gasteiger partial charge is 0.254 e. The van der Waals surface area contributed by atoms with E-state index in [-0.39, 0.29) is 11.3 Å². The summed E-state index contributed by atoms with van der Waals surface area (Å²) in [6, 6.07) is 1.78. The molecule has 0 aliphatic heterocycles. The Bertz CT molecular complexity index is 414. The molecule has 1 aromatic heterocycles. The van der Waals surface area contributed by atoms with Crippen molar-refractivity contribution >= 4 is 17.5 Å². The van der Waals surface area contributed by atoms with E-state index in [0.717, 1.165) is 25.0 Å². The molecule has 0 spiro atoms. The number of aryl methyl sites for hydroxylation is 2. The molecule has 1 amide bonds. The van der Waals surface area contributed by atoms with Gasteiger partial charge >= 0.3 is 0 Å². The normalized spacial score (nSPS) is 23.9. The molecule has 1 aliphatic carbocycles.